The highest BCUT2D eigenvalue weighted by Crippen LogP contribution is 2.40. The van der Waals surface area contributed by atoms with Gasteiger partial charge in [0.2, 0.25) is 7.59 Å². The average Bonchev–Trinajstić information content (AvgIpc) is 2.54. The molecule has 0 saturated carbocycles. The number of thioether (sulfide) groups is 1. The fourth-order valence-corrected chi connectivity index (χ4v) is 3.91. The number of β-lactam (4-membered cyclic amide) rings is 1. The Kier molecular flexibility index (Phi) is 7.61. The van der Waals surface area contributed by atoms with Gasteiger partial charge in [-0.2, -0.15) is 0 Å². The van der Waals surface area contributed by atoms with Crippen molar-refractivity contribution in [3.63, 3.8) is 0 Å². The third kappa shape index (κ3) is 6.26. The van der Waals surface area contributed by atoms with Crippen molar-refractivity contribution in [3.8, 4) is 0 Å². The number of esters is 1. The van der Waals surface area contributed by atoms with Crippen LogP contribution in [0.5, 0.6) is 0 Å². The molecule has 0 radical (unpaired) electrons. The summed E-state index contributed by atoms with van der Waals surface area (Å²) in [5.41, 5.74) is 0.682. The van der Waals surface area contributed by atoms with E-state index in [9.17, 15) is 14.4 Å². The second-order valence-corrected chi connectivity index (χ2v) is 11.7. The van der Waals surface area contributed by atoms with Crippen molar-refractivity contribution in [1.29, 1.82) is 0 Å². The van der Waals surface area contributed by atoms with Gasteiger partial charge < -0.3 is 14.8 Å². The summed E-state index contributed by atoms with van der Waals surface area (Å²) in [4.78, 5) is 37.8. The van der Waals surface area contributed by atoms with Gasteiger partial charge in [-0.1, -0.05) is 69.6 Å². The van der Waals surface area contributed by atoms with Crippen molar-refractivity contribution in [2.75, 3.05) is 19.0 Å². The molecule has 2 heterocycles. The number of carbonyl (C=O) groups is 3. The van der Waals surface area contributed by atoms with Crippen LogP contribution in [0.2, 0.25) is 0 Å². The lowest BCUT2D eigenvalue weighted by molar-refractivity contribution is -0.151. The molecular weight excluding hydrogens is 509 g/mol. The lowest BCUT2D eigenvalue weighted by Crippen LogP contribution is -2.70. The van der Waals surface area contributed by atoms with E-state index in [4.69, 9.17) is 79.1 Å². The summed E-state index contributed by atoms with van der Waals surface area (Å²) >= 11 is 34.5. The molecule has 27 heavy (non-hydrogen) atoms. The van der Waals surface area contributed by atoms with Crippen LogP contribution in [0.15, 0.2) is 11.3 Å². The molecule has 1 fully saturated rings. The topological polar surface area (TPSA) is 84.9 Å². The number of ether oxygens (including phenoxy) is 2. The Hall–Kier alpha value is 0.0400. The molecule has 2 rings (SSSR count). The summed E-state index contributed by atoms with van der Waals surface area (Å²) in [6.07, 6.45) is -0.925. The Balaban J connectivity index is 2.01. The van der Waals surface area contributed by atoms with Gasteiger partial charge in [0, 0.05) is 5.75 Å². The molecule has 0 unspecified atom stereocenters. The van der Waals surface area contributed by atoms with Gasteiger partial charge in [-0.05, 0) is 12.5 Å². The normalized spacial score (nSPS) is 22.8. The number of hydrogen-bond donors (Lipinski definition) is 1. The smallest absolute Gasteiger partial charge is 0.408 e. The lowest BCUT2D eigenvalue weighted by Gasteiger charge is -2.49. The fraction of sp³-hybridized carbons (Fsp3) is 0.615. The Morgan fingerprint density at radius 2 is 1.70 bits per heavy atom. The highest BCUT2D eigenvalue weighted by molar-refractivity contribution is 8.00. The molecule has 0 aromatic rings. The van der Waals surface area contributed by atoms with Crippen LogP contribution < -0.4 is 5.32 Å². The second kappa shape index (κ2) is 8.81. The summed E-state index contributed by atoms with van der Waals surface area (Å²) in [7, 11) is 0. The number of rotatable bonds is 4. The van der Waals surface area contributed by atoms with E-state index in [0.717, 1.165) is 0 Å². The fourth-order valence-electron chi connectivity index (χ4n) is 2.29. The van der Waals surface area contributed by atoms with Crippen molar-refractivity contribution < 1.29 is 23.9 Å². The minimum absolute atomic E-state index is 0.0608. The second-order valence-electron chi connectivity index (χ2n) is 5.54. The molecule has 1 saturated heterocycles. The molecule has 0 aliphatic carbocycles. The first-order chi connectivity index (χ1) is 12.3. The van der Waals surface area contributed by atoms with Crippen LogP contribution in [0.4, 0.5) is 4.79 Å². The van der Waals surface area contributed by atoms with Crippen LogP contribution in [-0.4, -0.2) is 60.8 Å². The van der Waals surface area contributed by atoms with E-state index in [-0.39, 0.29) is 5.70 Å². The van der Waals surface area contributed by atoms with E-state index in [1.54, 1.807) is 6.92 Å². The Bertz CT molecular complexity index is 677. The number of fused-ring (bicyclic) bond motifs is 1. The van der Waals surface area contributed by atoms with Gasteiger partial charge in [0.05, 0.1) is 0 Å². The molecule has 0 aromatic carbocycles. The number of nitrogens with zero attached hydrogens (tertiary/aromatic N) is 1. The third-order valence-electron chi connectivity index (χ3n) is 3.36. The molecule has 152 valence electrons. The van der Waals surface area contributed by atoms with Gasteiger partial charge in [0.1, 0.15) is 30.3 Å². The first-order valence-electron chi connectivity index (χ1n) is 7.18. The molecule has 0 spiro atoms. The minimum Gasteiger partial charge on any atom is -0.456 e. The Morgan fingerprint density at radius 3 is 2.26 bits per heavy atom. The molecule has 2 amide bonds. The zero-order valence-electron chi connectivity index (χ0n) is 13.4. The van der Waals surface area contributed by atoms with Crippen molar-refractivity contribution in [2.45, 2.75) is 25.9 Å². The van der Waals surface area contributed by atoms with Gasteiger partial charge in [-0.3, -0.25) is 9.69 Å². The molecular formula is C13H12Cl6N2O5S. The molecule has 0 aromatic heterocycles. The van der Waals surface area contributed by atoms with Crippen LogP contribution in [0.3, 0.4) is 0 Å². The van der Waals surface area contributed by atoms with Crippen molar-refractivity contribution in [2.24, 2.45) is 0 Å². The summed E-state index contributed by atoms with van der Waals surface area (Å²) < 4.78 is 6.15. The maximum absolute atomic E-state index is 12.4. The summed E-state index contributed by atoms with van der Waals surface area (Å²) in [6, 6.07) is -0.901. The molecule has 14 heteroatoms. The molecule has 0 bridgehead atoms. The molecule has 2 atom stereocenters. The standard InChI is InChI=1S/C13H12Cl6N2O5S/c1-5-2-27-9-6(20-11(24)26-4-13(17,18)19)8(22)21(9)7(5)10(23)25-3-12(14,15)16/h6,9H,2-4H2,1H3,(H,20,24)/t6-,9-/m1/s1. The van der Waals surface area contributed by atoms with Crippen LogP contribution in [-0.2, 0) is 19.1 Å². The summed E-state index contributed by atoms with van der Waals surface area (Å²) in [5, 5.41) is 1.86. The van der Waals surface area contributed by atoms with Gasteiger partial charge in [0.25, 0.3) is 5.91 Å². The van der Waals surface area contributed by atoms with E-state index >= 15 is 0 Å². The van der Waals surface area contributed by atoms with Crippen molar-refractivity contribution >= 4 is 99.3 Å². The maximum Gasteiger partial charge on any atom is 0.408 e. The van der Waals surface area contributed by atoms with Crippen LogP contribution in [0.1, 0.15) is 6.92 Å². The number of halogens is 6. The van der Waals surface area contributed by atoms with Crippen molar-refractivity contribution in [3.05, 3.63) is 11.3 Å². The molecule has 2 aliphatic heterocycles. The molecule has 1 N–H and O–H groups in total. The number of alkyl halides is 6. The van der Waals surface area contributed by atoms with Crippen molar-refractivity contribution in [1.82, 2.24) is 10.2 Å². The average molecular weight is 521 g/mol. The van der Waals surface area contributed by atoms with Gasteiger partial charge in [-0.25, -0.2) is 9.59 Å². The van der Waals surface area contributed by atoms with Gasteiger partial charge >= 0.3 is 12.1 Å². The number of nitrogens with one attached hydrogen (secondary N) is 1. The van der Waals surface area contributed by atoms with E-state index in [0.29, 0.717) is 11.3 Å². The number of alkyl carbamates (subject to hydrolysis) is 1. The van der Waals surface area contributed by atoms with E-state index in [2.05, 4.69) is 5.32 Å². The number of carbonyl (C=O) groups excluding carboxylic acids is 3. The third-order valence-corrected chi connectivity index (χ3v) is 5.44. The predicted octanol–water partition coefficient (Wildman–Crippen LogP) is 3.55. The molecule has 2 aliphatic rings. The first kappa shape index (κ1) is 23.3. The zero-order valence-corrected chi connectivity index (χ0v) is 18.8. The zero-order chi connectivity index (χ0) is 20.6. The summed E-state index contributed by atoms with van der Waals surface area (Å²) in [6.45, 7) is 0.718. The van der Waals surface area contributed by atoms with E-state index < -0.39 is 50.2 Å². The van der Waals surface area contributed by atoms with Crippen LogP contribution in [0.25, 0.3) is 0 Å². The Labute approximate surface area is 188 Å². The summed E-state index contributed by atoms with van der Waals surface area (Å²) in [5.74, 6) is -0.874. The number of hydrogen-bond acceptors (Lipinski definition) is 6. The highest BCUT2D eigenvalue weighted by atomic mass is 35.6. The largest absolute Gasteiger partial charge is 0.456 e. The SMILES string of the molecule is CC1=C(C(=O)OCC(Cl)(Cl)Cl)N2C(=O)[C@@H](NC(=O)OCC(Cl)(Cl)Cl)[C@H]2SC1. The predicted molar refractivity (Wildman–Crippen MR) is 106 cm³/mol. The molecule has 7 nitrogen and oxygen atoms in total. The van der Waals surface area contributed by atoms with Crippen LogP contribution >= 0.6 is 81.4 Å². The highest BCUT2D eigenvalue weighted by Gasteiger charge is 2.54. The monoisotopic (exact) mass is 518 g/mol. The van der Waals surface area contributed by atoms with E-state index in [1.165, 1.54) is 16.7 Å². The van der Waals surface area contributed by atoms with E-state index in [1.807, 2.05) is 0 Å². The minimum atomic E-state index is -1.78. The van der Waals surface area contributed by atoms with Gasteiger partial charge in [-0.15, -0.1) is 11.8 Å². The lowest BCUT2D eigenvalue weighted by atomic mass is 10.0. The Morgan fingerprint density at radius 1 is 1.15 bits per heavy atom. The maximum atomic E-state index is 12.4. The van der Waals surface area contributed by atoms with Gasteiger partial charge in [0.15, 0.2) is 0 Å². The first-order valence-corrected chi connectivity index (χ1v) is 10.5. The number of amides is 2. The van der Waals surface area contributed by atoms with Crippen LogP contribution in [0, 0.1) is 0 Å². The quantitative estimate of drug-likeness (QED) is 0.347.